The molecule has 3 aromatic rings. The lowest BCUT2D eigenvalue weighted by atomic mass is 10.00. The summed E-state index contributed by atoms with van der Waals surface area (Å²) in [4.78, 5) is 29.6. The maximum absolute atomic E-state index is 11.7. The Kier molecular flexibility index (Phi) is 5.62. The van der Waals surface area contributed by atoms with Gasteiger partial charge in [-0.3, -0.25) is 14.9 Å². The van der Waals surface area contributed by atoms with E-state index in [1.54, 1.807) is 6.20 Å². The molecule has 1 aromatic heterocycles. The van der Waals surface area contributed by atoms with Crippen molar-refractivity contribution >= 4 is 28.7 Å². The van der Waals surface area contributed by atoms with E-state index in [-0.39, 0.29) is 16.4 Å². The molecule has 29 heavy (non-hydrogen) atoms. The molecule has 2 amide bonds. The third-order valence-corrected chi connectivity index (χ3v) is 5.84. The zero-order chi connectivity index (χ0) is 20.2. The first-order valence-corrected chi connectivity index (χ1v) is 10.3. The zero-order valence-electron chi connectivity index (χ0n) is 16.0. The van der Waals surface area contributed by atoms with Crippen molar-refractivity contribution in [1.29, 1.82) is 0 Å². The van der Waals surface area contributed by atoms with Crippen molar-refractivity contribution in [3.05, 3.63) is 84.1 Å². The average molecular weight is 404 g/mol. The number of carbonyl (C=O) groups excluding carboxylic acids is 2. The van der Waals surface area contributed by atoms with E-state index in [2.05, 4.69) is 51.6 Å². The zero-order valence-corrected chi connectivity index (χ0v) is 16.9. The normalized spacial score (nSPS) is 16.0. The number of thioether (sulfide) groups is 1. The Balaban J connectivity index is 1.45. The molecule has 2 heterocycles. The van der Waals surface area contributed by atoms with Crippen molar-refractivity contribution in [3.8, 4) is 11.1 Å². The first-order valence-electron chi connectivity index (χ1n) is 9.40. The van der Waals surface area contributed by atoms with Crippen LogP contribution in [0, 0.1) is 0 Å². The summed E-state index contributed by atoms with van der Waals surface area (Å²) < 4.78 is 0. The summed E-state index contributed by atoms with van der Waals surface area (Å²) in [5, 5.41) is 1.74. The van der Waals surface area contributed by atoms with Gasteiger partial charge >= 0.3 is 0 Å². The van der Waals surface area contributed by atoms with Gasteiger partial charge in [0.25, 0.3) is 5.24 Å². The van der Waals surface area contributed by atoms with Crippen LogP contribution in [0.4, 0.5) is 10.6 Å². The molecule has 1 N–H and O–H groups in total. The van der Waals surface area contributed by atoms with E-state index in [9.17, 15) is 9.59 Å². The summed E-state index contributed by atoms with van der Waals surface area (Å²) in [6, 6.07) is 22.5. The van der Waals surface area contributed by atoms with Crippen molar-refractivity contribution in [1.82, 2.24) is 10.3 Å². The van der Waals surface area contributed by atoms with E-state index in [0.29, 0.717) is 6.42 Å². The molecule has 1 fully saturated rings. The first kappa shape index (κ1) is 19.2. The molecule has 0 aliphatic carbocycles. The Morgan fingerprint density at radius 1 is 0.966 bits per heavy atom. The number of nitrogens with one attached hydrogen (secondary N) is 1. The Labute approximate surface area is 174 Å². The van der Waals surface area contributed by atoms with Gasteiger partial charge in [0.05, 0.1) is 5.25 Å². The van der Waals surface area contributed by atoms with Crippen molar-refractivity contribution in [2.24, 2.45) is 0 Å². The number of pyridine rings is 1. The largest absolute Gasteiger partial charge is 0.355 e. The minimum absolute atomic E-state index is 0.200. The monoisotopic (exact) mass is 403 g/mol. The van der Waals surface area contributed by atoms with E-state index in [4.69, 9.17) is 0 Å². The summed E-state index contributed by atoms with van der Waals surface area (Å²) in [5.74, 6) is 0.739. The predicted molar refractivity (Wildman–Crippen MR) is 117 cm³/mol. The maximum atomic E-state index is 11.7. The number of carbonyl (C=O) groups is 2. The maximum Gasteiger partial charge on any atom is 0.286 e. The van der Waals surface area contributed by atoms with Crippen LogP contribution in [0.25, 0.3) is 11.1 Å². The van der Waals surface area contributed by atoms with Gasteiger partial charge in [-0.25, -0.2) is 4.98 Å². The van der Waals surface area contributed by atoms with Gasteiger partial charge < -0.3 is 4.90 Å². The Morgan fingerprint density at radius 3 is 2.48 bits per heavy atom. The fraction of sp³-hybridized carbons (Fsp3) is 0.174. The molecular formula is C23H21N3O2S. The number of amides is 2. The molecule has 0 bridgehead atoms. The van der Waals surface area contributed by atoms with Crippen molar-refractivity contribution in [2.45, 2.75) is 18.2 Å². The molecule has 146 valence electrons. The van der Waals surface area contributed by atoms with Crippen LogP contribution in [-0.4, -0.2) is 28.4 Å². The average Bonchev–Trinajstić information content (AvgIpc) is 3.06. The Bertz CT molecular complexity index is 1020. The molecule has 4 rings (SSSR count). The van der Waals surface area contributed by atoms with Gasteiger partial charge in [-0.1, -0.05) is 60.3 Å². The van der Waals surface area contributed by atoms with Crippen LogP contribution in [0.15, 0.2) is 72.9 Å². The van der Waals surface area contributed by atoms with Crippen LogP contribution in [0.5, 0.6) is 0 Å². The van der Waals surface area contributed by atoms with Gasteiger partial charge in [0.1, 0.15) is 5.82 Å². The Morgan fingerprint density at radius 2 is 1.79 bits per heavy atom. The first-order chi connectivity index (χ1) is 14.1. The summed E-state index contributed by atoms with van der Waals surface area (Å²) in [6.45, 7) is 0.769. The molecular weight excluding hydrogens is 382 g/mol. The van der Waals surface area contributed by atoms with Gasteiger partial charge in [-0.05, 0) is 46.9 Å². The number of rotatable bonds is 6. The quantitative estimate of drug-likeness (QED) is 0.666. The fourth-order valence-corrected chi connectivity index (χ4v) is 4.22. The van der Waals surface area contributed by atoms with Crippen molar-refractivity contribution < 1.29 is 9.59 Å². The molecule has 1 aliphatic rings. The molecule has 5 nitrogen and oxygen atoms in total. The van der Waals surface area contributed by atoms with Crippen molar-refractivity contribution in [2.75, 3.05) is 11.9 Å². The molecule has 0 radical (unpaired) electrons. The van der Waals surface area contributed by atoms with Gasteiger partial charge in [0.2, 0.25) is 5.91 Å². The topological polar surface area (TPSA) is 62.3 Å². The molecule has 1 aliphatic heterocycles. The van der Waals surface area contributed by atoms with Gasteiger partial charge in [-0.15, -0.1) is 0 Å². The lowest BCUT2D eigenvalue weighted by molar-refractivity contribution is -0.118. The van der Waals surface area contributed by atoms with Crippen molar-refractivity contribution in [3.63, 3.8) is 0 Å². The number of anilines is 1. The highest BCUT2D eigenvalue weighted by atomic mass is 32.2. The van der Waals surface area contributed by atoms with Crippen LogP contribution in [0.2, 0.25) is 0 Å². The van der Waals surface area contributed by atoms with E-state index < -0.39 is 0 Å². The lowest BCUT2D eigenvalue weighted by Crippen LogP contribution is -2.25. The molecule has 6 heteroatoms. The second kappa shape index (κ2) is 8.49. The summed E-state index contributed by atoms with van der Waals surface area (Å²) >= 11 is 1.07. The molecule has 1 saturated heterocycles. The van der Waals surface area contributed by atoms with E-state index >= 15 is 0 Å². The molecule has 2 aromatic carbocycles. The molecule has 0 saturated carbocycles. The molecule has 0 spiro atoms. The number of benzene rings is 2. The third-order valence-electron chi connectivity index (χ3n) is 4.86. The number of hydrogen-bond acceptors (Lipinski definition) is 5. The van der Waals surface area contributed by atoms with E-state index in [1.807, 2.05) is 37.4 Å². The van der Waals surface area contributed by atoms with Gasteiger partial charge in [-0.2, -0.15) is 0 Å². The number of nitrogens with zero attached hydrogens (tertiary/aromatic N) is 2. The second-order valence-electron chi connectivity index (χ2n) is 7.03. The number of hydrogen-bond donors (Lipinski definition) is 1. The smallest absolute Gasteiger partial charge is 0.286 e. The van der Waals surface area contributed by atoms with Crippen LogP contribution >= 0.6 is 11.8 Å². The number of imide groups is 1. The summed E-state index contributed by atoms with van der Waals surface area (Å²) in [7, 11) is 2.03. The summed E-state index contributed by atoms with van der Waals surface area (Å²) in [6.07, 6.45) is 2.35. The fourth-order valence-electron chi connectivity index (χ4n) is 3.36. The molecule has 1 unspecified atom stereocenters. The highest BCUT2D eigenvalue weighted by molar-refractivity contribution is 8.15. The van der Waals surface area contributed by atoms with Crippen LogP contribution < -0.4 is 10.2 Å². The van der Waals surface area contributed by atoms with Crippen LogP contribution in [-0.2, 0) is 17.8 Å². The minimum Gasteiger partial charge on any atom is -0.355 e. The predicted octanol–water partition coefficient (Wildman–Crippen LogP) is 4.28. The lowest BCUT2D eigenvalue weighted by Gasteiger charge is -2.18. The standard InChI is InChI=1S/C23H21N3O2S/c1-26(21-7-2-3-12-24-21)15-17-5-4-6-19(13-17)18-10-8-16(9-11-18)14-20-22(27)25-23(28)29-20/h2-13,20H,14-15H2,1H3,(H,25,27,28). The van der Waals surface area contributed by atoms with E-state index in [0.717, 1.165) is 40.8 Å². The summed E-state index contributed by atoms with van der Waals surface area (Å²) in [5.41, 5.74) is 4.52. The molecule has 1 atom stereocenters. The third kappa shape index (κ3) is 4.66. The highest BCUT2D eigenvalue weighted by Gasteiger charge is 2.31. The van der Waals surface area contributed by atoms with Crippen LogP contribution in [0.3, 0.4) is 0 Å². The SMILES string of the molecule is CN(Cc1cccc(-c2ccc(CC3SC(=O)NC3=O)cc2)c1)c1ccccn1. The Hall–Kier alpha value is -3.12. The second-order valence-corrected chi connectivity index (χ2v) is 8.20. The van der Waals surface area contributed by atoms with Crippen LogP contribution in [0.1, 0.15) is 11.1 Å². The minimum atomic E-state index is -0.334. The van der Waals surface area contributed by atoms with E-state index in [1.165, 1.54) is 5.56 Å². The van der Waals surface area contributed by atoms with Gasteiger partial charge in [0.15, 0.2) is 0 Å². The van der Waals surface area contributed by atoms with Gasteiger partial charge in [0, 0.05) is 19.8 Å². The highest BCUT2D eigenvalue weighted by Crippen LogP contribution is 2.26. The number of aromatic nitrogens is 1.